The van der Waals surface area contributed by atoms with E-state index in [0.29, 0.717) is 18.5 Å². The number of carbonyl (C=O) groups is 1. The summed E-state index contributed by atoms with van der Waals surface area (Å²) in [5.74, 6) is -4.58. The summed E-state index contributed by atoms with van der Waals surface area (Å²) in [6, 6.07) is 0.622. The third-order valence-corrected chi connectivity index (χ3v) is 6.17. The van der Waals surface area contributed by atoms with Gasteiger partial charge in [-0.05, 0) is 0 Å². The van der Waals surface area contributed by atoms with Crippen molar-refractivity contribution in [2.75, 3.05) is 56.2 Å². The fraction of sp³-hybridized carbons (Fsp3) is 0.571. The van der Waals surface area contributed by atoms with Gasteiger partial charge in [-0.25, -0.2) is 23.5 Å². The molecule has 0 radical (unpaired) electrons. The van der Waals surface area contributed by atoms with Crippen LogP contribution in [0.4, 0.5) is 51.7 Å². The van der Waals surface area contributed by atoms with Crippen LogP contribution >= 0.6 is 0 Å². The second-order valence-electron chi connectivity index (χ2n) is 8.70. The number of anilines is 2. The molecule has 2 saturated heterocycles. The highest BCUT2D eigenvalue weighted by Crippen LogP contribution is 2.38. The maximum absolute atomic E-state index is 14.6. The first kappa shape index (κ1) is 28.3. The number of hydrogen-bond acceptors (Lipinski definition) is 9. The van der Waals surface area contributed by atoms with Gasteiger partial charge < -0.3 is 24.2 Å². The smallest absolute Gasteiger partial charge is 0.421 e. The minimum absolute atomic E-state index is 0.00398. The molecule has 1 amide bonds. The van der Waals surface area contributed by atoms with Crippen LogP contribution < -0.4 is 14.5 Å². The summed E-state index contributed by atoms with van der Waals surface area (Å²) in [5.41, 5.74) is -2.26. The van der Waals surface area contributed by atoms with E-state index in [0.717, 1.165) is 16.9 Å². The fourth-order valence-corrected chi connectivity index (χ4v) is 4.00. The first-order chi connectivity index (χ1) is 18.2. The van der Waals surface area contributed by atoms with Gasteiger partial charge in [-0.3, -0.25) is 0 Å². The Labute approximate surface area is 215 Å². The highest BCUT2D eigenvalue weighted by Gasteiger charge is 2.48. The second-order valence-corrected chi connectivity index (χ2v) is 8.70. The Morgan fingerprint density at radius 2 is 1.59 bits per heavy atom. The highest BCUT2D eigenvalue weighted by atomic mass is 19.4. The molecule has 0 spiro atoms. The Bertz CT molecular complexity index is 1170. The summed E-state index contributed by atoms with van der Waals surface area (Å²) in [6.45, 7) is -0.875. The number of piperazine rings is 1. The Hall–Kier alpha value is -3.73. The monoisotopic (exact) mass is 571 g/mol. The molecule has 1 atom stereocenters. The van der Waals surface area contributed by atoms with Gasteiger partial charge in [-0.1, -0.05) is 0 Å². The number of hydrogen-bond donors (Lipinski definition) is 0. The van der Waals surface area contributed by atoms with Crippen molar-refractivity contribution in [1.29, 1.82) is 0 Å². The molecule has 18 heteroatoms. The number of alkyl halides is 8. The molecule has 0 N–H and O–H groups in total. The first-order valence-corrected chi connectivity index (χ1v) is 11.4. The van der Waals surface area contributed by atoms with E-state index in [1.165, 1.54) is 4.90 Å². The quantitative estimate of drug-likeness (QED) is 0.511. The minimum atomic E-state index is -4.84. The Morgan fingerprint density at radius 1 is 0.949 bits per heavy atom. The zero-order valence-electron chi connectivity index (χ0n) is 20.1. The van der Waals surface area contributed by atoms with Crippen molar-refractivity contribution in [3.05, 3.63) is 29.6 Å². The number of aromatic nitrogens is 4. The van der Waals surface area contributed by atoms with E-state index in [1.807, 2.05) is 0 Å². The molecule has 0 bridgehead atoms. The summed E-state index contributed by atoms with van der Waals surface area (Å²) >= 11 is 0. The Kier molecular flexibility index (Phi) is 7.57. The molecule has 10 nitrogen and oxygen atoms in total. The van der Waals surface area contributed by atoms with E-state index in [4.69, 9.17) is 4.74 Å². The number of carbonyl (C=O) groups excluding carboxylic acids is 1. The van der Waals surface area contributed by atoms with Gasteiger partial charge in [-0.15, -0.1) is 10.2 Å². The van der Waals surface area contributed by atoms with Crippen molar-refractivity contribution in [2.45, 2.75) is 30.8 Å². The second kappa shape index (κ2) is 10.4. The van der Waals surface area contributed by atoms with E-state index >= 15 is 0 Å². The topological polar surface area (TPSA) is 96.8 Å². The summed E-state index contributed by atoms with van der Waals surface area (Å²) in [6.07, 6.45) is -12.1. The van der Waals surface area contributed by atoms with Gasteiger partial charge in [0, 0.05) is 57.6 Å². The van der Waals surface area contributed by atoms with Crippen LogP contribution in [0.5, 0.6) is 5.88 Å². The van der Waals surface area contributed by atoms with Gasteiger partial charge in [0.2, 0.25) is 11.8 Å². The molecule has 2 fully saturated rings. The summed E-state index contributed by atoms with van der Waals surface area (Å²) in [4.78, 5) is 23.8. The van der Waals surface area contributed by atoms with Crippen LogP contribution in [0.25, 0.3) is 0 Å². The highest BCUT2D eigenvalue weighted by molar-refractivity contribution is 5.68. The van der Waals surface area contributed by atoms with Crippen molar-refractivity contribution < 1.29 is 49.4 Å². The van der Waals surface area contributed by atoms with Crippen LogP contribution in [0.1, 0.15) is 17.5 Å². The van der Waals surface area contributed by atoms with Crippen molar-refractivity contribution in [3.8, 4) is 5.88 Å². The first-order valence-electron chi connectivity index (χ1n) is 11.4. The fourth-order valence-electron chi connectivity index (χ4n) is 4.00. The number of methoxy groups -OCH3 is 1. The van der Waals surface area contributed by atoms with E-state index in [9.17, 15) is 39.9 Å². The average Bonchev–Trinajstić information content (AvgIpc) is 2.88. The lowest BCUT2D eigenvalue weighted by Gasteiger charge is -2.40. The maximum Gasteiger partial charge on any atom is 0.421 e. The predicted molar refractivity (Wildman–Crippen MR) is 116 cm³/mol. The van der Waals surface area contributed by atoms with E-state index in [-0.39, 0.29) is 44.5 Å². The number of ether oxygens (including phenoxy) is 2. The molecular formula is C21H21F8N7O3. The van der Waals surface area contributed by atoms with Gasteiger partial charge in [0.25, 0.3) is 5.92 Å². The summed E-state index contributed by atoms with van der Waals surface area (Å²) in [5, 5.41) is 7.01. The molecule has 1 unspecified atom stereocenters. The molecule has 2 aromatic rings. The molecule has 2 aliphatic rings. The Morgan fingerprint density at radius 3 is 2.15 bits per heavy atom. The number of halogens is 8. The van der Waals surface area contributed by atoms with Crippen molar-refractivity contribution >= 4 is 17.9 Å². The SMILES string of the molecule is COc1nnc(N2CCC(F)(F)C(OC(=O)N3CCN(c4ncc(C(F)(F)F)cn4)CC3)C2)cc1C(F)(F)F. The summed E-state index contributed by atoms with van der Waals surface area (Å²) < 4.78 is 117. The van der Waals surface area contributed by atoms with Gasteiger partial charge in [-0.2, -0.15) is 26.3 Å². The van der Waals surface area contributed by atoms with Crippen molar-refractivity contribution in [3.63, 3.8) is 0 Å². The molecule has 4 rings (SSSR count). The normalized spacial score (nSPS) is 20.1. The van der Waals surface area contributed by atoms with Crippen molar-refractivity contribution in [2.24, 2.45) is 0 Å². The number of rotatable bonds is 4. The van der Waals surface area contributed by atoms with Crippen LogP contribution in [0.15, 0.2) is 18.5 Å². The number of nitrogens with zero attached hydrogens (tertiary/aromatic N) is 7. The largest absolute Gasteiger partial charge is 0.479 e. The number of piperidine rings is 1. The van der Waals surface area contributed by atoms with Gasteiger partial charge in [0.1, 0.15) is 5.56 Å². The molecule has 2 aliphatic heterocycles. The maximum atomic E-state index is 14.6. The van der Waals surface area contributed by atoms with Crippen LogP contribution in [0.2, 0.25) is 0 Å². The third-order valence-electron chi connectivity index (χ3n) is 6.17. The van der Waals surface area contributed by atoms with Gasteiger partial charge >= 0.3 is 18.4 Å². The number of amides is 1. The van der Waals surface area contributed by atoms with Crippen LogP contribution in [0, 0.1) is 0 Å². The van der Waals surface area contributed by atoms with Crippen LogP contribution in [-0.4, -0.2) is 89.6 Å². The minimum Gasteiger partial charge on any atom is -0.479 e. The van der Waals surface area contributed by atoms with E-state index in [2.05, 4.69) is 24.9 Å². The average molecular weight is 571 g/mol. The zero-order valence-corrected chi connectivity index (χ0v) is 20.1. The molecule has 2 aromatic heterocycles. The molecule has 0 saturated carbocycles. The standard InChI is InChI=1S/C21H21F8N7O3/c1-38-16-13(21(27,28)29)8-15(32-33-16)36-3-2-19(22,23)14(11-36)39-18(37)35-6-4-34(5-7-35)17-30-9-12(10-31-17)20(24,25)26/h8-10,14H,2-7,11H2,1H3. The Balaban J connectivity index is 1.39. The zero-order chi connectivity index (χ0) is 28.6. The molecule has 39 heavy (non-hydrogen) atoms. The molecular weight excluding hydrogens is 550 g/mol. The van der Waals surface area contributed by atoms with Gasteiger partial charge in [0.15, 0.2) is 11.9 Å². The lowest BCUT2D eigenvalue weighted by molar-refractivity contribution is -0.139. The molecule has 0 aliphatic carbocycles. The molecule has 0 aromatic carbocycles. The third kappa shape index (κ3) is 6.30. The van der Waals surface area contributed by atoms with Crippen LogP contribution in [0.3, 0.4) is 0 Å². The lowest BCUT2D eigenvalue weighted by Crippen LogP contribution is -2.56. The predicted octanol–water partition coefficient (Wildman–Crippen LogP) is 3.49. The molecule has 4 heterocycles. The van der Waals surface area contributed by atoms with E-state index in [1.54, 1.807) is 0 Å². The van der Waals surface area contributed by atoms with Crippen molar-refractivity contribution in [1.82, 2.24) is 25.1 Å². The molecule has 214 valence electrons. The van der Waals surface area contributed by atoms with Gasteiger partial charge in [0.05, 0.1) is 19.2 Å². The lowest BCUT2D eigenvalue weighted by atomic mass is 10.0. The summed E-state index contributed by atoms with van der Waals surface area (Å²) in [7, 11) is 0.978. The van der Waals surface area contributed by atoms with E-state index < -0.39 is 60.4 Å². The van der Waals surface area contributed by atoms with Crippen LogP contribution in [-0.2, 0) is 17.1 Å².